The molecule has 0 amide bonds. The molecule has 0 atom stereocenters. The molecule has 56 heavy (non-hydrogen) atoms. The van der Waals surface area contributed by atoms with Gasteiger partial charge in [-0.2, -0.15) is 0 Å². The lowest BCUT2D eigenvalue weighted by atomic mass is 9.93. The number of fused-ring (bicyclic) bond motifs is 6. The average molecular weight is 715 g/mol. The molecule has 2 heterocycles. The molecule has 11 rings (SSSR count). The van der Waals surface area contributed by atoms with Crippen molar-refractivity contribution in [1.29, 1.82) is 0 Å². The Morgan fingerprint density at radius 2 is 0.875 bits per heavy atom. The second kappa shape index (κ2) is 13.2. The van der Waals surface area contributed by atoms with E-state index in [1.54, 1.807) is 0 Å². The molecular formula is C52H34N4. The van der Waals surface area contributed by atoms with Crippen molar-refractivity contribution in [2.75, 3.05) is 0 Å². The molecule has 262 valence electrons. The van der Waals surface area contributed by atoms with Crippen LogP contribution in [0.25, 0.3) is 95.0 Å². The van der Waals surface area contributed by atoms with Crippen LogP contribution in [0.2, 0.25) is 0 Å². The Morgan fingerprint density at radius 3 is 1.55 bits per heavy atom. The Bertz CT molecular complexity index is 3020. The van der Waals surface area contributed by atoms with Gasteiger partial charge in [0.25, 0.3) is 0 Å². The van der Waals surface area contributed by atoms with Crippen molar-refractivity contribution in [2.45, 2.75) is 6.42 Å². The van der Waals surface area contributed by atoms with E-state index in [1.807, 2.05) is 60.7 Å². The lowest BCUT2D eigenvalue weighted by molar-refractivity contribution is 1.07. The number of hydrogen-bond donors (Lipinski definition) is 0. The molecule has 10 aromatic rings. The van der Waals surface area contributed by atoms with Gasteiger partial charge in [-0.05, 0) is 75.2 Å². The Morgan fingerprint density at radius 1 is 0.357 bits per heavy atom. The van der Waals surface area contributed by atoms with Gasteiger partial charge in [0.2, 0.25) is 0 Å². The molecule has 0 saturated heterocycles. The summed E-state index contributed by atoms with van der Waals surface area (Å²) in [6.45, 7) is 0. The summed E-state index contributed by atoms with van der Waals surface area (Å²) in [6.07, 6.45) is 0.895. The van der Waals surface area contributed by atoms with Gasteiger partial charge in [0.1, 0.15) is 0 Å². The number of rotatable bonds is 6. The first-order chi connectivity index (χ1) is 27.8. The molecule has 4 heteroatoms. The van der Waals surface area contributed by atoms with E-state index in [0.717, 1.165) is 23.1 Å². The molecule has 1 aliphatic carbocycles. The van der Waals surface area contributed by atoms with Crippen LogP contribution in [0.1, 0.15) is 11.1 Å². The lowest BCUT2D eigenvalue weighted by Crippen LogP contribution is -2.00. The molecular weight excluding hydrogens is 681 g/mol. The third-order valence-corrected chi connectivity index (χ3v) is 11.1. The third-order valence-electron chi connectivity index (χ3n) is 11.1. The zero-order valence-corrected chi connectivity index (χ0v) is 30.5. The van der Waals surface area contributed by atoms with Crippen molar-refractivity contribution in [3.63, 3.8) is 0 Å². The molecule has 1 aliphatic rings. The zero-order chi connectivity index (χ0) is 37.0. The average Bonchev–Trinajstić information content (AvgIpc) is 3.83. The van der Waals surface area contributed by atoms with E-state index in [9.17, 15) is 0 Å². The molecule has 0 N–H and O–H groups in total. The van der Waals surface area contributed by atoms with Crippen molar-refractivity contribution in [1.82, 2.24) is 19.5 Å². The molecule has 2 aromatic heterocycles. The number of benzene rings is 8. The van der Waals surface area contributed by atoms with Crippen molar-refractivity contribution in [3.8, 4) is 73.2 Å². The summed E-state index contributed by atoms with van der Waals surface area (Å²) in [7, 11) is 0. The van der Waals surface area contributed by atoms with E-state index in [0.29, 0.717) is 17.5 Å². The van der Waals surface area contributed by atoms with Crippen LogP contribution in [-0.4, -0.2) is 19.5 Å². The highest BCUT2D eigenvalue weighted by molar-refractivity contribution is 6.15. The number of nitrogens with zero attached hydrogens (tertiary/aromatic N) is 4. The summed E-state index contributed by atoms with van der Waals surface area (Å²) in [5.41, 5.74) is 16.7. The summed E-state index contributed by atoms with van der Waals surface area (Å²) < 4.78 is 2.44. The number of hydrogen-bond acceptors (Lipinski definition) is 3. The topological polar surface area (TPSA) is 43.6 Å². The van der Waals surface area contributed by atoms with Gasteiger partial charge in [-0.15, -0.1) is 0 Å². The van der Waals surface area contributed by atoms with Gasteiger partial charge in [0.15, 0.2) is 17.5 Å². The van der Waals surface area contributed by atoms with Crippen LogP contribution in [-0.2, 0) is 6.42 Å². The Kier molecular flexibility index (Phi) is 7.52. The SMILES string of the molecule is c1ccc(-c2nc(-c3ccccc3)nc(-c3ccc(-c4cccc5c4-c4ccc(-n6c7ccccc7c7c(-c8ccccc8)cccc76)cc4C5)cc3)n2)cc1. The molecule has 0 fully saturated rings. The first kappa shape index (κ1) is 32.0. The van der Waals surface area contributed by atoms with E-state index < -0.39 is 0 Å². The van der Waals surface area contributed by atoms with Crippen LogP contribution < -0.4 is 0 Å². The summed E-state index contributed by atoms with van der Waals surface area (Å²) in [6, 6.07) is 68.9. The lowest BCUT2D eigenvalue weighted by Gasteiger charge is -2.13. The molecule has 4 nitrogen and oxygen atoms in total. The fraction of sp³-hybridized carbons (Fsp3) is 0.0192. The maximum Gasteiger partial charge on any atom is 0.164 e. The van der Waals surface area contributed by atoms with Crippen LogP contribution in [0.15, 0.2) is 194 Å². The van der Waals surface area contributed by atoms with E-state index in [-0.39, 0.29) is 0 Å². The van der Waals surface area contributed by atoms with Gasteiger partial charge in [0, 0.05) is 33.2 Å². The van der Waals surface area contributed by atoms with Crippen LogP contribution in [0.3, 0.4) is 0 Å². The van der Waals surface area contributed by atoms with Gasteiger partial charge in [-0.1, -0.05) is 170 Å². The fourth-order valence-corrected chi connectivity index (χ4v) is 8.51. The van der Waals surface area contributed by atoms with Gasteiger partial charge < -0.3 is 4.57 Å². The fourth-order valence-electron chi connectivity index (χ4n) is 8.51. The van der Waals surface area contributed by atoms with Crippen LogP contribution in [0.5, 0.6) is 0 Å². The van der Waals surface area contributed by atoms with Crippen molar-refractivity contribution in [3.05, 3.63) is 205 Å². The van der Waals surface area contributed by atoms with Crippen molar-refractivity contribution < 1.29 is 0 Å². The van der Waals surface area contributed by atoms with Crippen LogP contribution >= 0.6 is 0 Å². The molecule has 0 unspecified atom stereocenters. The molecule has 0 saturated carbocycles. The highest BCUT2D eigenvalue weighted by Gasteiger charge is 2.24. The molecule has 0 aliphatic heterocycles. The Balaban J connectivity index is 0.979. The van der Waals surface area contributed by atoms with E-state index >= 15 is 0 Å². The van der Waals surface area contributed by atoms with Gasteiger partial charge in [0.05, 0.1) is 11.0 Å². The van der Waals surface area contributed by atoms with Gasteiger partial charge in [-0.3, -0.25) is 0 Å². The minimum atomic E-state index is 0.654. The Labute approximate surface area is 325 Å². The zero-order valence-electron chi connectivity index (χ0n) is 30.5. The number of para-hydroxylation sites is 1. The minimum absolute atomic E-state index is 0.654. The monoisotopic (exact) mass is 714 g/mol. The van der Waals surface area contributed by atoms with Gasteiger partial charge >= 0.3 is 0 Å². The predicted molar refractivity (Wildman–Crippen MR) is 230 cm³/mol. The summed E-state index contributed by atoms with van der Waals surface area (Å²) in [5, 5.41) is 2.55. The maximum absolute atomic E-state index is 4.95. The van der Waals surface area contributed by atoms with Crippen LogP contribution in [0, 0.1) is 0 Å². The van der Waals surface area contributed by atoms with E-state index in [4.69, 9.17) is 15.0 Å². The summed E-state index contributed by atoms with van der Waals surface area (Å²) in [5.74, 6) is 1.97. The second-order valence-electron chi connectivity index (χ2n) is 14.4. The first-order valence-electron chi connectivity index (χ1n) is 19.1. The first-order valence-corrected chi connectivity index (χ1v) is 19.1. The highest BCUT2D eigenvalue weighted by atomic mass is 15.0. The highest BCUT2D eigenvalue weighted by Crippen LogP contribution is 2.45. The standard InChI is InChI=1S/C52H34N4/c1-4-14-34(15-5-1)43-23-13-25-47-49(43)45-21-10-11-24-46(45)56(47)41-30-31-44-40(33-41)32-39-20-12-22-42(48(39)44)35-26-28-38(29-27-35)52-54-50(36-16-6-2-7-17-36)53-51(55-52)37-18-8-3-9-19-37/h1-31,33H,32H2. The minimum Gasteiger partial charge on any atom is -0.309 e. The largest absolute Gasteiger partial charge is 0.309 e. The van der Waals surface area contributed by atoms with Gasteiger partial charge in [-0.25, -0.2) is 15.0 Å². The van der Waals surface area contributed by atoms with Crippen molar-refractivity contribution in [2.24, 2.45) is 0 Å². The molecule has 8 aromatic carbocycles. The predicted octanol–water partition coefficient (Wildman–Crippen LogP) is 12.9. The molecule has 0 spiro atoms. The molecule has 0 radical (unpaired) electrons. The quantitative estimate of drug-likeness (QED) is 0.172. The summed E-state index contributed by atoms with van der Waals surface area (Å²) >= 11 is 0. The van der Waals surface area contributed by atoms with E-state index in [1.165, 1.54) is 72.0 Å². The smallest absolute Gasteiger partial charge is 0.164 e. The van der Waals surface area contributed by atoms with Crippen molar-refractivity contribution >= 4 is 21.8 Å². The maximum atomic E-state index is 4.95. The number of aromatic nitrogens is 4. The second-order valence-corrected chi connectivity index (χ2v) is 14.4. The third kappa shape index (κ3) is 5.34. The van der Waals surface area contributed by atoms with E-state index in [2.05, 4.69) is 138 Å². The summed E-state index contributed by atoms with van der Waals surface area (Å²) in [4.78, 5) is 14.8. The normalized spacial score (nSPS) is 11.9. The van der Waals surface area contributed by atoms with Crippen LogP contribution in [0.4, 0.5) is 0 Å². The Hall–Kier alpha value is -7.43. The molecule has 0 bridgehead atoms.